The lowest BCUT2D eigenvalue weighted by molar-refractivity contribution is 0.107. The summed E-state index contributed by atoms with van der Waals surface area (Å²) in [6.45, 7) is 6.85. The van der Waals surface area contributed by atoms with Crippen molar-refractivity contribution in [3.63, 3.8) is 0 Å². The molecule has 0 fully saturated rings. The highest BCUT2D eigenvalue weighted by Gasteiger charge is 2.11. The van der Waals surface area contributed by atoms with E-state index >= 15 is 0 Å². The summed E-state index contributed by atoms with van der Waals surface area (Å²) in [5.74, 6) is 2.34. The zero-order valence-electron chi connectivity index (χ0n) is 16.4. The molecular formula is C23H25NO4. The Hall–Kier alpha value is -3.21. The largest absolute Gasteiger partial charge is 0.494 e. The van der Waals surface area contributed by atoms with Crippen molar-refractivity contribution < 1.29 is 19.0 Å². The molecule has 0 saturated heterocycles. The van der Waals surface area contributed by atoms with Crippen LogP contribution in [0, 0.1) is 0 Å². The summed E-state index contributed by atoms with van der Waals surface area (Å²) in [6.07, 6.45) is -0.732. The van der Waals surface area contributed by atoms with E-state index in [4.69, 9.17) is 14.2 Å². The molecule has 1 N–H and O–H groups in total. The molecule has 1 amide bonds. The summed E-state index contributed by atoms with van der Waals surface area (Å²) in [5, 5.41) is 4.75. The second kappa shape index (κ2) is 9.13. The van der Waals surface area contributed by atoms with E-state index in [0.29, 0.717) is 13.2 Å². The number of fused-ring (bicyclic) bond motifs is 1. The van der Waals surface area contributed by atoms with Crippen molar-refractivity contribution in [2.45, 2.75) is 26.9 Å². The molecule has 0 aliphatic carbocycles. The molecule has 3 aromatic carbocycles. The third-order valence-corrected chi connectivity index (χ3v) is 4.28. The van der Waals surface area contributed by atoms with Crippen LogP contribution in [-0.2, 0) is 4.74 Å². The molecule has 0 aliphatic rings. The third kappa shape index (κ3) is 4.94. The Morgan fingerprint density at radius 2 is 1.54 bits per heavy atom. The van der Waals surface area contributed by atoms with Crippen LogP contribution in [0.25, 0.3) is 10.8 Å². The average Bonchev–Trinajstić information content (AvgIpc) is 2.69. The number of ether oxygens (including phenoxy) is 3. The molecule has 5 heteroatoms. The van der Waals surface area contributed by atoms with Crippen LogP contribution in [0.5, 0.6) is 17.2 Å². The standard InChI is InChI=1S/C23H25NO4/c1-4-24-23(25)27-16(3)17-6-7-19-15-22(9-8-18(19)14-17)28-21-12-10-20(11-13-21)26-5-2/h6-16H,4-5H2,1-3H3,(H,24,25). The fourth-order valence-corrected chi connectivity index (χ4v) is 2.88. The van der Waals surface area contributed by atoms with Gasteiger partial charge in [0.05, 0.1) is 6.61 Å². The summed E-state index contributed by atoms with van der Waals surface area (Å²) in [4.78, 5) is 11.6. The molecule has 28 heavy (non-hydrogen) atoms. The van der Waals surface area contributed by atoms with Gasteiger partial charge in [0.25, 0.3) is 0 Å². The summed E-state index contributed by atoms with van der Waals surface area (Å²) in [6, 6.07) is 19.5. The zero-order valence-corrected chi connectivity index (χ0v) is 16.4. The van der Waals surface area contributed by atoms with Crippen molar-refractivity contribution in [3.05, 3.63) is 66.2 Å². The van der Waals surface area contributed by atoms with Crippen molar-refractivity contribution in [3.8, 4) is 17.2 Å². The quantitative estimate of drug-likeness (QED) is 0.560. The first-order chi connectivity index (χ1) is 13.6. The van der Waals surface area contributed by atoms with Crippen LogP contribution in [0.2, 0.25) is 0 Å². The number of benzene rings is 3. The van der Waals surface area contributed by atoms with Crippen LogP contribution in [0.15, 0.2) is 60.7 Å². The van der Waals surface area contributed by atoms with Crippen LogP contribution in [0.1, 0.15) is 32.4 Å². The molecule has 0 saturated carbocycles. The number of nitrogens with one attached hydrogen (secondary N) is 1. The molecule has 1 unspecified atom stereocenters. The van der Waals surface area contributed by atoms with Gasteiger partial charge in [-0.2, -0.15) is 0 Å². The first-order valence-electron chi connectivity index (χ1n) is 9.48. The lowest BCUT2D eigenvalue weighted by atomic mass is 10.0. The highest BCUT2D eigenvalue weighted by molar-refractivity contribution is 5.84. The van der Waals surface area contributed by atoms with Crippen molar-refractivity contribution in [1.82, 2.24) is 5.32 Å². The predicted octanol–water partition coefficient (Wildman–Crippen LogP) is 5.84. The van der Waals surface area contributed by atoms with E-state index in [0.717, 1.165) is 33.6 Å². The van der Waals surface area contributed by atoms with Gasteiger partial charge < -0.3 is 19.5 Å². The Morgan fingerprint density at radius 3 is 2.25 bits per heavy atom. The molecule has 3 rings (SSSR count). The van der Waals surface area contributed by atoms with Gasteiger partial charge in [-0.3, -0.25) is 0 Å². The maximum atomic E-state index is 11.6. The Kier molecular flexibility index (Phi) is 6.37. The molecule has 0 bridgehead atoms. The van der Waals surface area contributed by atoms with Gasteiger partial charge in [-0.25, -0.2) is 4.79 Å². The fraction of sp³-hybridized carbons (Fsp3) is 0.261. The summed E-state index contributed by atoms with van der Waals surface area (Å²) in [7, 11) is 0. The minimum Gasteiger partial charge on any atom is -0.494 e. The van der Waals surface area contributed by atoms with E-state index in [2.05, 4.69) is 5.32 Å². The van der Waals surface area contributed by atoms with Crippen molar-refractivity contribution in [2.75, 3.05) is 13.2 Å². The van der Waals surface area contributed by atoms with Gasteiger partial charge in [-0.1, -0.05) is 18.2 Å². The summed E-state index contributed by atoms with van der Waals surface area (Å²) in [5.41, 5.74) is 0.943. The van der Waals surface area contributed by atoms with Gasteiger partial charge in [-0.15, -0.1) is 0 Å². The van der Waals surface area contributed by atoms with Crippen LogP contribution in [0.3, 0.4) is 0 Å². The Labute approximate surface area is 165 Å². The molecular weight excluding hydrogens is 354 g/mol. The SMILES string of the molecule is CCNC(=O)OC(C)c1ccc2cc(Oc3ccc(OCC)cc3)ccc2c1. The lowest BCUT2D eigenvalue weighted by Gasteiger charge is -2.15. The molecule has 0 aliphatic heterocycles. The number of hydrogen-bond acceptors (Lipinski definition) is 4. The second-order valence-corrected chi connectivity index (χ2v) is 6.35. The highest BCUT2D eigenvalue weighted by Crippen LogP contribution is 2.29. The molecule has 0 aromatic heterocycles. The third-order valence-electron chi connectivity index (χ3n) is 4.28. The van der Waals surface area contributed by atoms with Crippen LogP contribution < -0.4 is 14.8 Å². The highest BCUT2D eigenvalue weighted by atomic mass is 16.6. The van der Waals surface area contributed by atoms with E-state index in [1.54, 1.807) is 0 Å². The summed E-state index contributed by atoms with van der Waals surface area (Å²) >= 11 is 0. The van der Waals surface area contributed by atoms with Gasteiger partial charge >= 0.3 is 6.09 Å². The first-order valence-corrected chi connectivity index (χ1v) is 9.48. The second-order valence-electron chi connectivity index (χ2n) is 6.35. The Balaban J connectivity index is 1.72. The maximum absolute atomic E-state index is 11.6. The van der Waals surface area contributed by atoms with Crippen molar-refractivity contribution >= 4 is 16.9 Å². The monoisotopic (exact) mass is 379 g/mol. The van der Waals surface area contributed by atoms with Gasteiger partial charge in [0.2, 0.25) is 0 Å². The smallest absolute Gasteiger partial charge is 0.407 e. The van der Waals surface area contributed by atoms with E-state index < -0.39 is 6.09 Å². The lowest BCUT2D eigenvalue weighted by Crippen LogP contribution is -2.24. The van der Waals surface area contributed by atoms with Crippen LogP contribution in [0.4, 0.5) is 4.79 Å². The minimum absolute atomic E-state index is 0.323. The van der Waals surface area contributed by atoms with E-state index in [1.165, 1.54) is 0 Å². The number of carbonyl (C=O) groups excluding carboxylic acids is 1. The van der Waals surface area contributed by atoms with Gasteiger partial charge in [0.15, 0.2) is 0 Å². The molecule has 0 radical (unpaired) electrons. The van der Waals surface area contributed by atoms with Gasteiger partial charge in [0, 0.05) is 6.54 Å². The average molecular weight is 379 g/mol. The zero-order chi connectivity index (χ0) is 19.9. The predicted molar refractivity (Wildman–Crippen MR) is 110 cm³/mol. The fourth-order valence-electron chi connectivity index (χ4n) is 2.88. The molecule has 3 aromatic rings. The number of hydrogen-bond donors (Lipinski definition) is 1. The number of alkyl carbamates (subject to hydrolysis) is 1. The molecule has 5 nitrogen and oxygen atoms in total. The van der Waals surface area contributed by atoms with E-state index in [1.807, 2.05) is 81.4 Å². The van der Waals surface area contributed by atoms with Gasteiger partial charge in [-0.05, 0) is 79.6 Å². The Bertz CT molecular complexity index is 937. The van der Waals surface area contributed by atoms with E-state index in [-0.39, 0.29) is 6.10 Å². The van der Waals surface area contributed by atoms with Crippen LogP contribution >= 0.6 is 0 Å². The minimum atomic E-state index is -0.408. The first kappa shape index (κ1) is 19.5. The molecule has 146 valence electrons. The number of rotatable bonds is 7. The van der Waals surface area contributed by atoms with E-state index in [9.17, 15) is 4.79 Å². The molecule has 0 spiro atoms. The van der Waals surface area contributed by atoms with Gasteiger partial charge in [0.1, 0.15) is 23.4 Å². The topological polar surface area (TPSA) is 56.8 Å². The van der Waals surface area contributed by atoms with Crippen molar-refractivity contribution in [1.29, 1.82) is 0 Å². The molecule has 0 heterocycles. The maximum Gasteiger partial charge on any atom is 0.407 e. The number of amides is 1. The normalized spacial score (nSPS) is 11.7. The van der Waals surface area contributed by atoms with Crippen molar-refractivity contribution in [2.24, 2.45) is 0 Å². The summed E-state index contributed by atoms with van der Waals surface area (Å²) < 4.78 is 16.8. The van der Waals surface area contributed by atoms with Crippen LogP contribution in [-0.4, -0.2) is 19.2 Å². The Morgan fingerprint density at radius 1 is 0.893 bits per heavy atom. The molecule has 1 atom stereocenters. The number of carbonyl (C=O) groups is 1.